The SMILES string of the molecule is COc1cc(NC(=O)CSc2nccn(-c3cccc4ccccc34)c2=O)cc(OC)c1. The number of ether oxygens (including phenoxy) is 2. The number of thioether (sulfide) groups is 1. The average molecular weight is 448 g/mol. The molecule has 0 bridgehead atoms. The highest BCUT2D eigenvalue weighted by Crippen LogP contribution is 2.26. The lowest BCUT2D eigenvalue weighted by molar-refractivity contribution is -0.113. The van der Waals surface area contributed by atoms with Crippen LogP contribution in [0.4, 0.5) is 5.69 Å². The first kappa shape index (κ1) is 21.5. The fourth-order valence-electron chi connectivity index (χ4n) is 3.31. The summed E-state index contributed by atoms with van der Waals surface area (Å²) in [5.41, 5.74) is 1.04. The molecule has 4 rings (SSSR count). The van der Waals surface area contributed by atoms with Gasteiger partial charge in [0, 0.05) is 41.7 Å². The third-order valence-corrected chi connectivity index (χ3v) is 5.77. The van der Waals surface area contributed by atoms with Gasteiger partial charge in [-0.25, -0.2) is 4.98 Å². The van der Waals surface area contributed by atoms with Crippen LogP contribution in [0.5, 0.6) is 11.5 Å². The molecule has 0 radical (unpaired) electrons. The van der Waals surface area contributed by atoms with E-state index in [0.29, 0.717) is 17.2 Å². The highest BCUT2D eigenvalue weighted by Gasteiger charge is 2.12. The molecule has 8 heteroatoms. The van der Waals surface area contributed by atoms with Gasteiger partial charge in [-0.1, -0.05) is 48.2 Å². The minimum absolute atomic E-state index is 0.0291. The van der Waals surface area contributed by atoms with Crippen LogP contribution < -0.4 is 20.3 Å². The van der Waals surface area contributed by atoms with Gasteiger partial charge in [-0.05, 0) is 11.5 Å². The number of nitrogens with zero attached hydrogens (tertiary/aromatic N) is 2. The van der Waals surface area contributed by atoms with E-state index in [-0.39, 0.29) is 22.2 Å². The molecular weight excluding hydrogens is 426 g/mol. The molecule has 0 atom stereocenters. The summed E-state index contributed by atoms with van der Waals surface area (Å²) >= 11 is 1.09. The summed E-state index contributed by atoms with van der Waals surface area (Å²) in [6.45, 7) is 0. The zero-order chi connectivity index (χ0) is 22.5. The van der Waals surface area contributed by atoms with Gasteiger partial charge in [-0.3, -0.25) is 14.2 Å². The fraction of sp³-hybridized carbons (Fsp3) is 0.125. The average Bonchev–Trinajstić information content (AvgIpc) is 2.83. The van der Waals surface area contributed by atoms with Crippen molar-refractivity contribution in [3.05, 3.63) is 83.4 Å². The van der Waals surface area contributed by atoms with E-state index in [4.69, 9.17) is 9.47 Å². The van der Waals surface area contributed by atoms with Crippen LogP contribution in [0.2, 0.25) is 0 Å². The molecule has 0 unspecified atom stereocenters. The van der Waals surface area contributed by atoms with Crippen molar-refractivity contribution in [2.45, 2.75) is 5.03 Å². The first-order valence-electron chi connectivity index (χ1n) is 9.80. The number of hydrogen-bond acceptors (Lipinski definition) is 6. The van der Waals surface area contributed by atoms with Gasteiger partial charge in [0.1, 0.15) is 11.5 Å². The Labute approximate surface area is 189 Å². The van der Waals surface area contributed by atoms with E-state index >= 15 is 0 Å². The van der Waals surface area contributed by atoms with Crippen molar-refractivity contribution in [2.24, 2.45) is 0 Å². The van der Waals surface area contributed by atoms with Crippen LogP contribution in [0.3, 0.4) is 0 Å². The highest BCUT2D eigenvalue weighted by atomic mass is 32.2. The van der Waals surface area contributed by atoms with Crippen molar-refractivity contribution in [3.8, 4) is 17.2 Å². The molecule has 0 saturated carbocycles. The lowest BCUT2D eigenvalue weighted by Gasteiger charge is -2.11. The minimum atomic E-state index is -0.273. The molecule has 1 amide bonds. The second-order valence-electron chi connectivity index (χ2n) is 6.84. The molecule has 162 valence electrons. The summed E-state index contributed by atoms with van der Waals surface area (Å²) in [6.07, 6.45) is 3.20. The maximum Gasteiger partial charge on any atom is 0.287 e. The van der Waals surface area contributed by atoms with E-state index in [9.17, 15) is 9.59 Å². The molecule has 3 aromatic carbocycles. The molecule has 0 saturated heterocycles. The molecule has 4 aromatic rings. The number of nitrogens with one attached hydrogen (secondary N) is 1. The summed E-state index contributed by atoms with van der Waals surface area (Å²) in [7, 11) is 3.08. The normalized spacial score (nSPS) is 10.7. The standard InChI is InChI=1S/C24H21N3O4S/c1-30-18-12-17(13-19(14-18)31-2)26-22(28)15-32-23-24(29)27(11-10-25-23)21-9-5-7-16-6-3-4-8-20(16)21/h3-14H,15H2,1-2H3,(H,26,28). The second-order valence-corrected chi connectivity index (χ2v) is 7.81. The fourth-order valence-corrected chi connectivity index (χ4v) is 4.01. The van der Waals surface area contributed by atoms with Gasteiger partial charge in [-0.2, -0.15) is 0 Å². The molecule has 1 heterocycles. The Hall–Kier alpha value is -3.78. The Balaban J connectivity index is 1.53. The molecule has 0 aliphatic carbocycles. The largest absolute Gasteiger partial charge is 0.497 e. The lowest BCUT2D eigenvalue weighted by Crippen LogP contribution is -2.22. The van der Waals surface area contributed by atoms with Crippen LogP contribution >= 0.6 is 11.8 Å². The Morgan fingerprint density at radius 3 is 2.50 bits per heavy atom. The number of amides is 1. The Bertz CT molecular complexity index is 1310. The lowest BCUT2D eigenvalue weighted by atomic mass is 10.1. The Morgan fingerprint density at radius 2 is 1.75 bits per heavy atom. The highest BCUT2D eigenvalue weighted by molar-refractivity contribution is 7.99. The van der Waals surface area contributed by atoms with E-state index in [1.165, 1.54) is 14.2 Å². The molecule has 0 spiro atoms. The van der Waals surface area contributed by atoms with Crippen LogP contribution in [-0.2, 0) is 4.79 Å². The van der Waals surface area contributed by atoms with Crippen molar-refractivity contribution in [1.29, 1.82) is 0 Å². The first-order chi connectivity index (χ1) is 15.6. The zero-order valence-electron chi connectivity index (χ0n) is 17.6. The Kier molecular flexibility index (Phi) is 6.42. The molecule has 32 heavy (non-hydrogen) atoms. The monoisotopic (exact) mass is 447 g/mol. The van der Waals surface area contributed by atoms with Gasteiger partial charge in [0.25, 0.3) is 5.56 Å². The molecule has 1 N–H and O–H groups in total. The number of aromatic nitrogens is 2. The minimum Gasteiger partial charge on any atom is -0.497 e. The molecule has 1 aromatic heterocycles. The smallest absolute Gasteiger partial charge is 0.287 e. The van der Waals surface area contributed by atoms with Gasteiger partial charge in [0.05, 0.1) is 25.7 Å². The summed E-state index contributed by atoms with van der Waals surface area (Å²) in [5.74, 6) is 0.887. The number of hydrogen-bond donors (Lipinski definition) is 1. The summed E-state index contributed by atoms with van der Waals surface area (Å²) in [6, 6.07) is 18.8. The van der Waals surface area contributed by atoms with E-state index in [2.05, 4.69) is 10.3 Å². The van der Waals surface area contributed by atoms with Gasteiger partial charge >= 0.3 is 0 Å². The van der Waals surface area contributed by atoms with Gasteiger partial charge in [0.2, 0.25) is 5.91 Å². The van der Waals surface area contributed by atoms with Crippen molar-refractivity contribution < 1.29 is 14.3 Å². The van der Waals surface area contributed by atoms with Crippen LogP contribution in [0, 0.1) is 0 Å². The van der Waals surface area contributed by atoms with E-state index in [1.807, 2.05) is 42.5 Å². The van der Waals surface area contributed by atoms with Crippen molar-refractivity contribution in [1.82, 2.24) is 9.55 Å². The topological polar surface area (TPSA) is 82.5 Å². The van der Waals surface area contributed by atoms with Crippen LogP contribution in [0.15, 0.2) is 82.9 Å². The Morgan fingerprint density at radius 1 is 1.03 bits per heavy atom. The number of carbonyl (C=O) groups excluding carboxylic acids is 1. The molecular formula is C24H21N3O4S. The summed E-state index contributed by atoms with van der Waals surface area (Å²) in [4.78, 5) is 29.7. The van der Waals surface area contributed by atoms with E-state index in [1.54, 1.807) is 35.2 Å². The molecule has 0 aliphatic rings. The molecule has 0 aliphatic heterocycles. The van der Waals surface area contributed by atoms with Crippen LogP contribution in [0.1, 0.15) is 0 Å². The third kappa shape index (κ3) is 4.60. The summed E-state index contributed by atoms with van der Waals surface area (Å²) in [5, 5.41) is 5.04. The number of anilines is 1. The van der Waals surface area contributed by atoms with Crippen LogP contribution in [-0.4, -0.2) is 35.4 Å². The predicted molar refractivity (Wildman–Crippen MR) is 126 cm³/mol. The van der Waals surface area contributed by atoms with Crippen molar-refractivity contribution in [2.75, 3.05) is 25.3 Å². The number of carbonyl (C=O) groups is 1. The zero-order valence-corrected chi connectivity index (χ0v) is 18.4. The summed E-state index contributed by atoms with van der Waals surface area (Å²) < 4.78 is 12.0. The van der Waals surface area contributed by atoms with E-state index < -0.39 is 0 Å². The van der Waals surface area contributed by atoms with Gasteiger partial charge in [0.15, 0.2) is 5.03 Å². The first-order valence-corrected chi connectivity index (χ1v) is 10.8. The van der Waals surface area contributed by atoms with Crippen molar-refractivity contribution >= 4 is 34.1 Å². The predicted octanol–water partition coefficient (Wildman–Crippen LogP) is 4.13. The molecule has 0 fully saturated rings. The van der Waals surface area contributed by atoms with E-state index in [0.717, 1.165) is 28.2 Å². The number of fused-ring (bicyclic) bond motifs is 1. The third-order valence-electron chi connectivity index (χ3n) is 4.81. The number of rotatable bonds is 7. The number of benzene rings is 3. The maximum absolute atomic E-state index is 13.1. The van der Waals surface area contributed by atoms with Crippen molar-refractivity contribution in [3.63, 3.8) is 0 Å². The van der Waals surface area contributed by atoms with Gasteiger partial charge < -0.3 is 14.8 Å². The van der Waals surface area contributed by atoms with Gasteiger partial charge in [-0.15, -0.1) is 0 Å². The maximum atomic E-state index is 13.1. The second kappa shape index (κ2) is 9.57. The number of methoxy groups -OCH3 is 2. The quantitative estimate of drug-likeness (QED) is 0.429. The van der Waals surface area contributed by atoms with Crippen LogP contribution in [0.25, 0.3) is 16.5 Å². The molecule has 7 nitrogen and oxygen atoms in total.